The molecule has 0 aromatic heterocycles. The van der Waals surface area contributed by atoms with E-state index in [1.54, 1.807) is 0 Å². The molecule has 0 fully saturated rings. The summed E-state index contributed by atoms with van der Waals surface area (Å²) in [6.07, 6.45) is 21.0. The summed E-state index contributed by atoms with van der Waals surface area (Å²) in [5.41, 5.74) is 0.902. The number of rotatable bonds is 19. The molecule has 1 rings (SSSR count). The number of hydrogen-bond donors (Lipinski definition) is 0. The van der Waals surface area contributed by atoms with Gasteiger partial charge < -0.3 is 0 Å². The van der Waals surface area contributed by atoms with Gasteiger partial charge in [-0.1, -0.05) is 134 Å². The molecule has 0 amide bonds. The average molecular weight is 409 g/mol. The summed E-state index contributed by atoms with van der Waals surface area (Å²) in [7, 11) is -2.95. The van der Waals surface area contributed by atoms with Crippen molar-refractivity contribution in [3.05, 3.63) is 35.9 Å². The van der Waals surface area contributed by atoms with Crippen LogP contribution in [0.25, 0.3) is 0 Å². The SMILES string of the molecule is CCCCCCCCCCCCCCCCCCS(=O)(=O)Cc1ccccc1. The van der Waals surface area contributed by atoms with E-state index < -0.39 is 9.84 Å². The summed E-state index contributed by atoms with van der Waals surface area (Å²) in [6.45, 7) is 2.28. The summed E-state index contributed by atoms with van der Waals surface area (Å²) in [6, 6.07) is 9.51. The van der Waals surface area contributed by atoms with Gasteiger partial charge in [0.2, 0.25) is 0 Å². The van der Waals surface area contributed by atoms with E-state index in [1.165, 1.54) is 89.9 Å². The molecule has 1 aromatic carbocycles. The number of sulfone groups is 1. The van der Waals surface area contributed by atoms with Gasteiger partial charge in [-0.3, -0.25) is 0 Å². The van der Waals surface area contributed by atoms with Gasteiger partial charge in [0.15, 0.2) is 9.84 Å². The van der Waals surface area contributed by atoms with E-state index in [1.807, 2.05) is 30.3 Å². The Morgan fingerprint density at radius 2 is 0.964 bits per heavy atom. The second-order valence-corrected chi connectivity index (χ2v) is 10.6. The zero-order valence-corrected chi connectivity index (χ0v) is 19.2. The summed E-state index contributed by atoms with van der Waals surface area (Å²) in [5.74, 6) is 0.521. The Morgan fingerprint density at radius 3 is 1.39 bits per heavy atom. The van der Waals surface area contributed by atoms with E-state index in [0.717, 1.165) is 18.4 Å². The van der Waals surface area contributed by atoms with Crippen LogP contribution in [0.2, 0.25) is 0 Å². The molecule has 0 aliphatic carbocycles. The molecule has 2 nitrogen and oxygen atoms in total. The van der Waals surface area contributed by atoms with Gasteiger partial charge in [-0.2, -0.15) is 0 Å². The Morgan fingerprint density at radius 1 is 0.571 bits per heavy atom. The Kier molecular flexibility index (Phi) is 15.4. The van der Waals surface area contributed by atoms with Crippen molar-refractivity contribution in [3.63, 3.8) is 0 Å². The first-order valence-electron chi connectivity index (χ1n) is 11.9. The largest absolute Gasteiger partial charge is 0.228 e. The lowest BCUT2D eigenvalue weighted by atomic mass is 10.0. The molecule has 0 heterocycles. The lowest BCUT2D eigenvalue weighted by Crippen LogP contribution is -2.09. The van der Waals surface area contributed by atoms with Crippen molar-refractivity contribution >= 4 is 9.84 Å². The van der Waals surface area contributed by atoms with E-state index >= 15 is 0 Å². The third-order valence-corrected chi connectivity index (χ3v) is 7.22. The molecule has 162 valence electrons. The van der Waals surface area contributed by atoms with Crippen molar-refractivity contribution in [3.8, 4) is 0 Å². The van der Waals surface area contributed by atoms with Crippen LogP contribution >= 0.6 is 0 Å². The lowest BCUT2D eigenvalue weighted by molar-refractivity contribution is 0.531. The highest BCUT2D eigenvalue weighted by Gasteiger charge is 2.11. The van der Waals surface area contributed by atoms with Gasteiger partial charge in [-0.05, 0) is 12.0 Å². The van der Waals surface area contributed by atoms with E-state index in [-0.39, 0.29) is 5.75 Å². The molecule has 0 unspecified atom stereocenters. The maximum atomic E-state index is 12.1. The van der Waals surface area contributed by atoms with Gasteiger partial charge in [0.05, 0.1) is 11.5 Å². The molecule has 28 heavy (non-hydrogen) atoms. The van der Waals surface area contributed by atoms with E-state index in [9.17, 15) is 8.42 Å². The summed E-state index contributed by atoms with van der Waals surface area (Å²) in [5, 5.41) is 0. The number of benzene rings is 1. The maximum absolute atomic E-state index is 12.1. The molecule has 0 aliphatic rings. The molecule has 0 aliphatic heterocycles. The minimum Gasteiger partial charge on any atom is -0.228 e. The number of hydrogen-bond acceptors (Lipinski definition) is 2. The van der Waals surface area contributed by atoms with Crippen LogP contribution in [-0.2, 0) is 15.6 Å². The van der Waals surface area contributed by atoms with E-state index in [0.29, 0.717) is 5.75 Å². The van der Waals surface area contributed by atoms with Gasteiger partial charge in [0, 0.05) is 0 Å². The predicted octanol–water partition coefficient (Wildman–Crippen LogP) is 7.86. The monoisotopic (exact) mass is 408 g/mol. The van der Waals surface area contributed by atoms with Crippen molar-refractivity contribution in [1.82, 2.24) is 0 Å². The molecule has 0 radical (unpaired) electrons. The first-order chi connectivity index (χ1) is 13.6. The van der Waals surface area contributed by atoms with Crippen LogP contribution in [0.5, 0.6) is 0 Å². The van der Waals surface area contributed by atoms with Gasteiger partial charge in [0.1, 0.15) is 0 Å². The van der Waals surface area contributed by atoms with Gasteiger partial charge in [-0.25, -0.2) is 8.42 Å². The Hall–Kier alpha value is -0.830. The molecule has 0 N–H and O–H groups in total. The maximum Gasteiger partial charge on any atom is 0.154 e. The van der Waals surface area contributed by atoms with Crippen molar-refractivity contribution in [2.24, 2.45) is 0 Å². The highest BCUT2D eigenvalue weighted by molar-refractivity contribution is 7.90. The van der Waals surface area contributed by atoms with Crippen LogP contribution in [0.15, 0.2) is 30.3 Å². The molecular weight excluding hydrogens is 364 g/mol. The zero-order valence-electron chi connectivity index (χ0n) is 18.3. The topological polar surface area (TPSA) is 34.1 Å². The quantitative estimate of drug-likeness (QED) is 0.218. The molecule has 0 bridgehead atoms. The normalized spacial score (nSPS) is 11.8. The fourth-order valence-electron chi connectivity index (χ4n) is 3.77. The smallest absolute Gasteiger partial charge is 0.154 e. The summed E-state index contributed by atoms with van der Waals surface area (Å²) < 4.78 is 24.3. The zero-order chi connectivity index (χ0) is 20.3. The van der Waals surface area contributed by atoms with Crippen molar-refractivity contribution < 1.29 is 8.42 Å². The van der Waals surface area contributed by atoms with Crippen molar-refractivity contribution in [2.45, 2.75) is 115 Å². The fraction of sp³-hybridized carbons (Fsp3) is 0.760. The van der Waals surface area contributed by atoms with E-state index in [2.05, 4.69) is 6.92 Å². The van der Waals surface area contributed by atoms with Crippen LogP contribution in [0.4, 0.5) is 0 Å². The Labute approximate surface area is 175 Å². The minimum atomic E-state index is -2.95. The molecular formula is C25H44O2S. The lowest BCUT2D eigenvalue weighted by Gasteiger charge is -2.05. The van der Waals surface area contributed by atoms with Crippen LogP contribution in [0.1, 0.15) is 115 Å². The molecule has 0 saturated carbocycles. The summed E-state index contributed by atoms with van der Waals surface area (Å²) >= 11 is 0. The first kappa shape index (κ1) is 25.2. The Balaban J connectivity index is 1.84. The van der Waals surface area contributed by atoms with Crippen molar-refractivity contribution in [1.29, 1.82) is 0 Å². The first-order valence-corrected chi connectivity index (χ1v) is 13.7. The molecule has 0 atom stereocenters. The second-order valence-electron chi connectivity index (χ2n) is 8.38. The molecule has 0 saturated heterocycles. The second kappa shape index (κ2) is 17.1. The van der Waals surface area contributed by atoms with Crippen LogP contribution in [0, 0.1) is 0 Å². The van der Waals surface area contributed by atoms with Gasteiger partial charge in [0.25, 0.3) is 0 Å². The number of unbranched alkanes of at least 4 members (excludes halogenated alkanes) is 15. The molecule has 3 heteroatoms. The highest BCUT2D eigenvalue weighted by Crippen LogP contribution is 2.14. The van der Waals surface area contributed by atoms with Gasteiger partial charge in [-0.15, -0.1) is 0 Å². The van der Waals surface area contributed by atoms with Crippen LogP contribution in [0.3, 0.4) is 0 Å². The van der Waals surface area contributed by atoms with Crippen LogP contribution in [-0.4, -0.2) is 14.2 Å². The fourth-order valence-corrected chi connectivity index (χ4v) is 5.26. The van der Waals surface area contributed by atoms with Gasteiger partial charge >= 0.3 is 0 Å². The van der Waals surface area contributed by atoms with Crippen LogP contribution < -0.4 is 0 Å². The highest BCUT2D eigenvalue weighted by atomic mass is 32.2. The third-order valence-electron chi connectivity index (χ3n) is 5.54. The van der Waals surface area contributed by atoms with Crippen molar-refractivity contribution in [2.75, 3.05) is 5.75 Å². The Bertz CT molecular complexity index is 551. The standard InChI is InChI=1S/C25H44O2S/c1-2-3-4-5-6-7-8-9-10-11-12-13-14-15-16-20-23-28(26,27)24-25-21-18-17-19-22-25/h17-19,21-22H,2-16,20,23-24H2,1H3. The summed E-state index contributed by atoms with van der Waals surface area (Å²) in [4.78, 5) is 0. The minimum absolute atomic E-state index is 0.187. The molecule has 1 aromatic rings. The predicted molar refractivity (Wildman–Crippen MR) is 123 cm³/mol. The van der Waals surface area contributed by atoms with E-state index in [4.69, 9.17) is 0 Å². The molecule has 0 spiro atoms. The third kappa shape index (κ3) is 15.1. The average Bonchev–Trinajstić information content (AvgIpc) is 2.68.